The Balaban J connectivity index is 1.60. The summed E-state index contributed by atoms with van der Waals surface area (Å²) >= 11 is 0. The molecule has 1 aliphatic heterocycles. The van der Waals surface area contributed by atoms with Crippen LogP contribution in [0.2, 0.25) is 0 Å². The summed E-state index contributed by atoms with van der Waals surface area (Å²) in [5.41, 5.74) is 1.07. The van der Waals surface area contributed by atoms with Gasteiger partial charge in [-0.2, -0.15) is 0 Å². The van der Waals surface area contributed by atoms with Crippen LogP contribution in [0, 0.1) is 5.92 Å². The van der Waals surface area contributed by atoms with Crippen LogP contribution in [0.5, 0.6) is 5.75 Å². The van der Waals surface area contributed by atoms with Crippen LogP contribution in [-0.2, 0) is 11.3 Å². The Morgan fingerprint density at radius 2 is 1.96 bits per heavy atom. The van der Waals surface area contributed by atoms with Crippen LogP contribution in [0.3, 0.4) is 0 Å². The fraction of sp³-hybridized carbons (Fsp3) is 0.650. The second-order valence-electron chi connectivity index (χ2n) is 7.25. The zero-order valence-corrected chi connectivity index (χ0v) is 15.1. The van der Waals surface area contributed by atoms with Crippen molar-refractivity contribution in [3.63, 3.8) is 0 Å². The third-order valence-corrected chi connectivity index (χ3v) is 5.72. The maximum absolute atomic E-state index is 13.0. The lowest BCUT2D eigenvalue weighted by Gasteiger charge is -2.45. The molecular weight excluding hydrogens is 316 g/mol. The van der Waals surface area contributed by atoms with Crippen molar-refractivity contribution in [2.45, 2.75) is 57.2 Å². The van der Waals surface area contributed by atoms with Crippen molar-refractivity contribution in [3.05, 3.63) is 29.8 Å². The minimum absolute atomic E-state index is 0.0626. The molecule has 5 heteroatoms. The SMILES string of the molecule is COc1ccc(CN[C@H](CO)C(=O)N2CCC[C@H]3CCCC[C@@H]32)cc1. The lowest BCUT2D eigenvalue weighted by molar-refractivity contribution is -0.140. The Bertz CT molecular complexity index is 559. The Morgan fingerprint density at radius 1 is 1.24 bits per heavy atom. The molecule has 25 heavy (non-hydrogen) atoms. The van der Waals surface area contributed by atoms with Gasteiger partial charge in [0.25, 0.3) is 0 Å². The Labute approximate surface area is 150 Å². The van der Waals surface area contributed by atoms with Crippen molar-refractivity contribution in [1.82, 2.24) is 10.2 Å². The van der Waals surface area contributed by atoms with Gasteiger partial charge >= 0.3 is 0 Å². The first kappa shape index (κ1) is 18.2. The molecule has 0 bridgehead atoms. The van der Waals surface area contributed by atoms with E-state index in [1.165, 1.54) is 25.7 Å². The van der Waals surface area contributed by atoms with Gasteiger partial charge in [-0.05, 0) is 49.3 Å². The number of nitrogens with one attached hydrogen (secondary N) is 1. The van der Waals surface area contributed by atoms with Crippen LogP contribution in [-0.4, -0.2) is 48.3 Å². The molecule has 1 amide bonds. The fourth-order valence-electron chi connectivity index (χ4n) is 4.31. The molecule has 2 aliphatic rings. The van der Waals surface area contributed by atoms with E-state index in [0.29, 0.717) is 18.5 Å². The van der Waals surface area contributed by atoms with Crippen LogP contribution in [0.4, 0.5) is 0 Å². The van der Waals surface area contributed by atoms with Crippen molar-refractivity contribution in [3.8, 4) is 5.75 Å². The van der Waals surface area contributed by atoms with Gasteiger partial charge in [-0.1, -0.05) is 25.0 Å². The highest BCUT2D eigenvalue weighted by atomic mass is 16.5. The number of rotatable bonds is 6. The van der Waals surface area contributed by atoms with E-state index in [1.807, 2.05) is 24.3 Å². The highest BCUT2D eigenvalue weighted by Crippen LogP contribution is 2.35. The van der Waals surface area contributed by atoms with E-state index < -0.39 is 6.04 Å². The van der Waals surface area contributed by atoms with Crippen molar-refractivity contribution in [1.29, 1.82) is 0 Å². The number of aliphatic hydroxyl groups is 1. The summed E-state index contributed by atoms with van der Waals surface area (Å²) in [6, 6.07) is 7.62. The average molecular weight is 346 g/mol. The van der Waals surface area contributed by atoms with E-state index in [1.54, 1.807) is 7.11 Å². The van der Waals surface area contributed by atoms with Gasteiger partial charge in [0, 0.05) is 19.1 Å². The first-order valence-electron chi connectivity index (χ1n) is 9.50. The number of benzene rings is 1. The number of fused-ring (bicyclic) bond motifs is 1. The van der Waals surface area contributed by atoms with Crippen molar-refractivity contribution < 1.29 is 14.6 Å². The highest BCUT2D eigenvalue weighted by molar-refractivity contribution is 5.82. The molecule has 3 rings (SSSR count). The molecule has 3 atom stereocenters. The number of ether oxygens (including phenoxy) is 1. The molecule has 0 radical (unpaired) electrons. The third kappa shape index (κ3) is 4.33. The first-order valence-corrected chi connectivity index (χ1v) is 9.50. The molecule has 1 heterocycles. The minimum atomic E-state index is -0.525. The Hall–Kier alpha value is -1.59. The van der Waals surface area contributed by atoms with E-state index >= 15 is 0 Å². The summed E-state index contributed by atoms with van der Waals surface area (Å²) in [6.07, 6.45) is 7.21. The third-order valence-electron chi connectivity index (χ3n) is 5.72. The van der Waals surface area contributed by atoms with Gasteiger partial charge in [0.15, 0.2) is 0 Å². The zero-order chi connectivity index (χ0) is 17.6. The normalized spacial score (nSPS) is 24.5. The summed E-state index contributed by atoms with van der Waals surface area (Å²) < 4.78 is 5.16. The molecular formula is C20H30N2O3. The molecule has 5 nitrogen and oxygen atoms in total. The van der Waals surface area contributed by atoms with Crippen molar-refractivity contribution >= 4 is 5.91 Å². The standard InChI is InChI=1S/C20H30N2O3/c1-25-17-10-8-15(9-11-17)13-21-18(14-23)20(24)22-12-4-6-16-5-2-3-7-19(16)22/h8-11,16,18-19,21,23H,2-7,12-14H2,1H3/t16-,18-,19+/m1/s1. The van der Waals surface area contributed by atoms with E-state index in [9.17, 15) is 9.90 Å². The summed E-state index contributed by atoms with van der Waals surface area (Å²) in [7, 11) is 1.64. The maximum atomic E-state index is 13.0. The molecule has 0 spiro atoms. The van der Waals surface area contributed by atoms with Crippen molar-refractivity contribution in [2.75, 3.05) is 20.3 Å². The van der Waals surface area contributed by atoms with E-state index in [0.717, 1.165) is 30.7 Å². The predicted molar refractivity (Wildman–Crippen MR) is 97.4 cm³/mol. The molecule has 1 saturated carbocycles. The van der Waals surface area contributed by atoms with E-state index in [4.69, 9.17) is 4.74 Å². The van der Waals surface area contributed by atoms with Crippen LogP contribution in [0.1, 0.15) is 44.1 Å². The summed E-state index contributed by atoms with van der Waals surface area (Å²) in [5.74, 6) is 1.54. The number of methoxy groups -OCH3 is 1. The lowest BCUT2D eigenvalue weighted by atomic mass is 9.78. The lowest BCUT2D eigenvalue weighted by Crippen LogP contribution is -2.56. The number of carbonyl (C=O) groups is 1. The summed E-state index contributed by atoms with van der Waals surface area (Å²) in [5, 5.41) is 13.0. The monoisotopic (exact) mass is 346 g/mol. The van der Waals surface area contributed by atoms with E-state index in [-0.39, 0.29) is 12.5 Å². The number of carbonyl (C=O) groups excluding carboxylic acids is 1. The van der Waals surface area contributed by atoms with Gasteiger partial charge < -0.3 is 14.7 Å². The molecule has 1 aliphatic carbocycles. The Kier molecular flexibility index (Phi) is 6.32. The topological polar surface area (TPSA) is 61.8 Å². The molecule has 0 unspecified atom stereocenters. The van der Waals surface area contributed by atoms with Gasteiger partial charge in [-0.25, -0.2) is 0 Å². The van der Waals surface area contributed by atoms with E-state index in [2.05, 4.69) is 10.2 Å². The number of aliphatic hydroxyl groups excluding tert-OH is 1. The maximum Gasteiger partial charge on any atom is 0.242 e. The quantitative estimate of drug-likeness (QED) is 0.830. The average Bonchev–Trinajstić information content (AvgIpc) is 2.68. The molecule has 0 aromatic heterocycles. The number of hydrogen-bond acceptors (Lipinski definition) is 4. The number of piperidine rings is 1. The second kappa shape index (κ2) is 8.68. The van der Waals surface area contributed by atoms with Crippen LogP contribution in [0.15, 0.2) is 24.3 Å². The van der Waals surface area contributed by atoms with Crippen LogP contribution >= 0.6 is 0 Å². The number of hydrogen-bond donors (Lipinski definition) is 2. The van der Waals surface area contributed by atoms with Gasteiger partial charge in [0.05, 0.1) is 13.7 Å². The summed E-state index contributed by atoms with van der Waals surface area (Å²) in [6.45, 7) is 1.23. The predicted octanol–water partition coefficient (Wildman–Crippen LogP) is 2.33. The number of nitrogens with zero attached hydrogens (tertiary/aromatic N) is 1. The highest BCUT2D eigenvalue weighted by Gasteiger charge is 2.37. The Morgan fingerprint density at radius 3 is 2.68 bits per heavy atom. The second-order valence-corrected chi connectivity index (χ2v) is 7.25. The van der Waals surface area contributed by atoms with Gasteiger partial charge in [-0.3, -0.25) is 10.1 Å². The fourth-order valence-corrected chi connectivity index (χ4v) is 4.31. The number of likely N-dealkylation sites (tertiary alicyclic amines) is 1. The van der Waals surface area contributed by atoms with Crippen LogP contribution < -0.4 is 10.1 Å². The van der Waals surface area contributed by atoms with Crippen molar-refractivity contribution in [2.24, 2.45) is 5.92 Å². The molecule has 1 aromatic carbocycles. The van der Waals surface area contributed by atoms with Gasteiger partial charge in [-0.15, -0.1) is 0 Å². The molecule has 2 N–H and O–H groups in total. The van der Waals surface area contributed by atoms with Crippen LogP contribution in [0.25, 0.3) is 0 Å². The minimum Gasteiger partial charge on any atom is -0.497 e. The zero-order valence-electron chi connectivity index (χ0n) is 15.1. The smallest absolute Gasteiger partial charge is 0.242 e. The molecule has 2 fully saturated rings. The molecule has 1 saturated heterocycles. The molecule has 1 aromatic rings. The van der Waals surface area contributed by atoms with Gasteiger partial charge in [0.1, 0.15) is 11.8 Å². The molecule has 138 valence electrons. The first-order chi connectivity index (χ1) is 12.2. The number of amides is 1. The largest absolute Gasteiger partial charge is 0.497 e. The van der Waals surface area contributed by atoms with Gasteiger partial charge in [0.2, 0.25) is 5.91 Å². The summed E-state index contributed by atoms with van der Waals surface area (Å²) in [4.78, 5) is 15.0.